The largest absolute Gasteiger partial charge is 0.481 e. The molecule has 1 N–H and O–H groups in total. The fourth-order valence-electron chi connectivity index (χ4n) is 2.16. The van der Waals surface area contributed by atoms with Gasteiger partial charge in [-0.2, -0.15) is 0 Å². The Kier molecular flexibility index (Phi) is 4.52. The molecule has 0 aliphatic carbocycles. The monoisotopic (exact) mass is 262 g/mol. The minimum atomic E-state index is -0.743. The van der Waals surface area contributed by atoms with Gasteiger partial charge in [0.1, 0.15) is 12.4 Å². The molecule has 0 bridgehead atoms. The molecule has 0 aliphatic heterocycles. The Morgan fingerprint density at radius 2 is 2.16 bits per heavy atom. The van der Waals surface area contributed by atoms with E-state index in [2.05, 4.69) is 9.55 Å². The molecule has 5 nitrogen and oxygen atoms in total. The number of nitrogens with zero attached hydrogens (tertiary/aromatic N) is 2. The molecule has 0 radical (unpaired) electrons. The number of carbonyl (C=O) groups is 1. The maximum Gasteiger partial charge on any atom is 0.303 e. The molecule has 2 rings (SSSR count). The Bertz CT molecular complexity index is 563. The van der Waals surface area contributed by atoms with Crippen LogP contribution in [0.25, 0.3) is 11.0 Å². The van der Waals surface area contributed by atoms with Crippen LogP contribution in [0.2, 0.25) is 0 Å². The summed E-state index contributed by atoms with van der Waals surface area (Å²) in [5, 5.41) is 8.64. The number of fused-ring (bicyclic) bond motifs is 1. The molecule has 0 unspecified atom stereocenters. The van der Waals surface area contributed by atoms with E-state index in [4.69, 9.17) is 9.84 Å². The number of carboxylic acids is 1. The van der Waals surface area contributed by atoms with E-state index in [9.17, 15) is 4.79 Å². The first-order valence-corrected chi connectivity index (χ1v) is 6.37. The van der Waals surface area contributed by atoms with Gasteiger partial charge in [-0.15, -0.1) is 0 Å². The Labute approximate surface area is 111 Å². The lowest BCUT2D eigenvalue weighted by Crippen LogP contribution is -2.06. The molecule has 0 saturated heterocycles. The zero-order valence-electron chi connectivity index (χ0n) is 11.0. The number of hydrogen-bond acceptors (Lipinski definition) is 3. The second-order valence-corrected chi connectivity index (χ2v) is 4.45. The SMILES string of the molecule is COCc1nc2ccccc2n1CCCCC(=O)O. The highest BCUT2D eigenvalue weighted by atomic mass is 16.5. The number of para-hydroxylation sites is 2. The molecule has 0 fully saturated rings. The number of aryl methyl sites for hydroxylation is 1. The van der Waals surface area contributed by atoms with Gasteiger partial charge in [0.2, 0.25) is 0 Å². The number of imidazole rings is 1. The van der Waals surface area contributed by atoms with Gasteiger partial charge < -0.3 is 14.4 Å². The predicted octanol–water partition coefficient (Wildman–Crippen LogP) is 2.44. The molecular formula is C14H18N2O3. The second kappa shape index (κ2) is 6.33. The van der Waals surface area contributed by atoms with E-state index in [1.54, 1.807) is 7.11 Å². The summed E-state index contributed by atoms with van der Waals surface area (Å²) < 4.78 is 7.28. The van der Waals surface area contributed by atoms with E-state index in [0.717, 1.165) is 29.8 Å². The van der Waals surface area contributed by atoms with Crippen LogP contribution in [0, 0.1) is 0 Å². The highest BCUT2D eigenvalue weighted by Gasteiger charge is 2.09. The number of benzene rings is 1. The maximum atomic E-state index is 10.5. The third kappa shape index (κ3) is 3.32. The lowest BCUT2D eigenvalue weighted by molar-refractivity contribution is -0.137. The average molecular weight is 262 g/mol. The first-order chi connectivity index (χ1) is 9.22. The minimum Gasteiger partial charge on any atom is -0.481 e. The van der Waals surface area contributed by atoms with Crippen molar-refractivity contribution in [3.8, 4) is 0 Å². The van der Waals surface area contributed by atoms with Gasteiger partial charge in [-0.3, -0.25) is 4.79 Å². The lowest BCUT2D eigenvalue weighted by atomic mass is 10.2. The molecule has 2 aromatic rings. The van der Waals surface area contributed by atoms with E-state index in [-0.39, 0.29) is 6.42 Å². The van der Waals surface area contributed by atoms with Crippen molar-refractivity contribution in [2.75, 3.05) is 7.11 Å². The Hall–Kier alpha value is -1.88. The summed E-state index contributed by atoms with van der Waals surface area (Å²) in [6, 6.07) is 7.94. The van der Waals surface area contributed by atoms with Crippen molar-refractivity contribution < 1.29 is 14.6 Å². The van der Waals surface area contributed by atoms with Crippen molar-refractivity contribution in [1.29, 1.82) is 0 Å². The van der Waals surface area contributed by atoms with E-state index < -0.39 is 5.97 Å². The molecule has 102 valence electrons. The van der Waals surface area contributed by atoms with Crippen LogP contribution in [-0.2, 0) is 22.7 Å². The van der Waals surface area contributed by atoms with Crippen LogP contribution < -0.4 is 0 Å². The second-order valence-electron chi connectivity index (χ2n) is 4.45. The number of carboxylic acid groups (broad SMARTS) is 1. The average Bonchev–Trinajstić information content (AvgIpc) is 2.73. The topological polar surface area (TPSA) is 64.4 Å². The fourth-order valence-corrected chi connectivity index (χ4v) is 2.16. The predicted molar refractivity (Wildman–Crippen MR) is 71.9 cm³/mol. The molecule has 0 spiro atoms. The first-order valence-electron chi connectivity index (χ1n) is 6.37. The molecule has 1 heterocycles. The number of hydrogen-bond donors (Lipinski definition) is 1. The molecule has 0 saturated carbocycles. The van der Waals surface area contributed by atoms with Gasteiger partial charge in [-0.25, -0.2) is 4.98 Å². The third-order valence-electron chi connectivity index (χ3n) is 3.03. The molecular weight excluding hydrogens is 244 g/mol. The molecule has 0 aliphatic rings. The van der Waals surface area contributed by atoms with Gasteiger partial charge in [-0.05, 0) is 25.0 Å². The van der Waals surface area contributed by atoms with Crippen molar-refractivity contribution in [2.24, 2.45) is 0 Å². The number of methoxy groups -OCH3 is 1. The summed E-state index contributed by atoms with van der Waals surface area (Å²) >= 11 is 0. The summed E-state index contributed by atoms with van der Waals surface area (Å²) in [5.41, 5.74) is 2.03. The van der Waals surface area contributed by atoms with Crippen LogP contribution in [-0.4, -0.2) is 27.7 Å². The Morgan fingerprint density at radius 3 is 2.89 bits per heavy atom. The minimum absolute atomic E-state index is 0.215. The van der Waals surface area contributed by atoms with Gasteiger partial charge in [-0.1, -0.05) is 12.1 Å². The molecule has 1 aromatic heterocycles. The number of aromatic nitrogens is 2. The Morgan fingerprint density at radius 1 is 1.37 bits per heavy atom. The van der Waals surface area contributed by atoms with Crippen LogP contribution in [0.1, 0.15) is 25.1 Å². The van der Waals surface area contributed by atoms with E-state index in [0.29, 0.717) is 13.0 Å². The summed E-state index contributed by atoms with van der Waals surface area (Å²) in [6.07, 6.45) is 1.71. The zero-order chi connectivity index (χ0) is 13.7. The quantitative estimate of drug-likeness (QED) is 0.778. The maximum absolute atomic E-state index is 10.5. The van der Waals surface area contributed by atoms with Crippen LogP contribution in [0.5, 0.6) is 0 Å². The summed E-state index contributed by atoms with van der Waals surface area (Å²) in [5.74, 6) is 0.145. The van der Waals surface area contributed by atoms with Gasteiger partial charge in [0, 0.05) is 20.1 Å². The van der Waals surface area contributed by atoms with Crippen molar-refractivity contribution in [2.45, 2.75) is 32.4 Å². The number of aliphatic carboxylic acids is 1. The van der Waals surface area contributed by atoms with Gasteiger partial charge in [0.05, 0.1) is 11.0 Å². The number of rotatable bonds is 7. The van der Waals surface area contributed by atoms with Crippen molar-refractivity contribution >= 4 is 17.0 Å². The van der Waals surface area contributed by atoms with Gasteiger partial charge in [0.25, 0.3) is 0 Å². The highest BCUT2D eigenvalue weighted by molar-refractivity contribution is 5.75. The summed E-state index contributed by atoms with van der Waals surface area (Å²) in [6.45, 7) is 1.24. The van der Waals surface area contributed by atoms with Crippen LogP contribution in [0.3, 0.4) is 0 Å². The highest BCUT2D eigenvalue weighted by Crippen LogP contribution is 2.17. The standard InChI is InChI=1S/C14H18N2O3/c1-19-10-13-15-11-6-2-3-7-12(11)16(13)9-5-4-8-14(17)18/h2-3,6-7H,4-5,8-10H2,1H3,(H,17,18). The van der Waals surface area contributed by atoms with E-state index in [1.807, 2.05) is 24.3 Å². The van der Waals surface area contributed by atoms with Crippen molar-refractivity contribution in [1.82, 2.24) is 9.55 Å². The molecule has 1 aromatic carbocycles. The van der Waals surface area contributed by atoms with Crippen LogP contribution in [0.4, 0.5) is 0 Å². The molecule has 0 atom stereocenters. The molecule has 5 heteroatoms. The smallest absolute Gasteiger partial charge is 0.303 e. The van der Waals surface area contributed by atoms with Gasteiger partial charge >= 0.3 is 5.97 Å². The lowest BCUT2D eigenvalue weighted by Gasteiger charge is -2.08. The summed E-state index contributed by atoms with van der Waals surface area (Å²) in [7, 11) is 1.65. The van der Waals surface area contributed by atoms with Crippen LogP contribution >= 0.6 is 0 Å². The van der Waals surface area contributed by atoms with Crippen molar-refractivity contribution in [3.05, 3.63) is 30.1 Å². The van der Waals surface area contributed by atoms with E-state index in [1.165, 1.54) is 0 Å². The normalized spacial score (nSPS) is 11.0. The molecule has 0 amide bonds. The molecule has 19 heavy (non-hydrogen) atoms. The third-order valence-corrected chi connectivity index (χ3v) is 3.03. The first kappa shape index (κ1) is 13.5. The van der Waals surface area contributed by atoms with E-state index >= 15 is 0 Å². The number of unbranched alkanes of at least 4 members (excludes halogenated alkanes) is 1. The van der Waals surface area contributed by atoms with Crippen molar-refractivity contribution in [3.63, 3.8) is 0 Å². The number of ether oxygens (including phenoxy) is 1. The fraction of sp³-hybridized carbons (Fsp3) is 0.429. The zero-order valence-corrected chi connectivity index (χ0v) is 11.0. The van der Waals surface area contributed by atoms with Gasteiger partial charge in [0.15, 0.2) is 0 Å². The Balaban J connectivity index is 2.14. The summed E-state index contributed by atoms with van der Waals surface area (Å²) in [4.78, 5) is 15.0. The van der Waals surface area contributed by atoms with Crippen LogP contribution in [0.15, 0.2) is 24.3 Å².